The molecule has 0 spiro atoms. The number of halogens is 1. The molecule has 1 aliphatic rings. The Morgan fingerprint density at radius 3 is 2.45 bits per heavy atom. The fourth-order valence-corrected chi connectivity index (χ4v) is 3.22. The lowest BCUT2D eigenvalue weighted by Crippen LogP contribution is -2.16. The Bertz CT molecular complexity index is 721. The summed E-state index contributed by atoms with van der Waals surface area (Å²) in [6.45, 7) is 0. The number of fused-ring (bicyclic) bond motifs is 1. The first-order valence-corrected chi connectivity index (χ1v) is 7.18. The van der Waals surface area contributed by atoms with Gasteiger partial charge in [-0.2, -0.15) is 0 Å². The van der Waals surface area contributed by atoms with Crippen LogP contribution >= 0.6 is 0 Å². The van der Waals surface area contributed by atoms with Gasteiger partial charge in [0, 0.05) is 23.8 Å². The molecule has 0 heterocycles. The van der Waals surface area contributed by atoms with Crippen LogP contribution in [0.1, 0.15) is 40.2 Å². The van der Waals surface area contributed by atoms with Gasteiger partial charge in [-0.3, -0.25) is 9.59 Å². The van der Waals surface area contributed by atoms with Crippen LogP contribution in [-0.4, -0.2) is 16.9 Å². The summed E-state index contributed by atoms with van der Waals surface area (Å²) < 4.78 is 13.2. The maximum absolute atomic E-state index is 13.2. The second kappa shape index (κ2) is 5.72. The van der Waals surface area contributed by atoms with Gasteiger partial charge < -0.3 is 5.11 Å². The van der Waals surface area contributed by atoms with E-state index >= 15 is 0 Å². The van der Waals surface area contributed by atoms with Gasteiger partial charge in [0.1, 0.15) is 5.82 Å². The first-order valence-electron chi connectivity index (χ1n) is 7.18. The fourth-order valence-electron chi connectivity index (χ4n) is 3.22. The molecule has 0 aromatic heterocycles. The molecular formula is C18H15FO3. The monoisotopic (exact) mass is 298 g/mol. The first kappa shape index (κ1) is 14.4. The van der Waals surface area contributed by atoms with Gasteiger partial charge >= 0.3 is 5.97 Å². The zero-order chi connectivity index (χ0) is 15.7. The number of carbonyl (C=O) groups excluding carboxylic acids is 1. The van der Waals surface area contributed by atoms with Crippen LogP contribution in [0.5, 0.6) is 0 Å². The number of hydrogen-bond acceptors (Lipinski definition) is 2. The Morgan fingerprint density at radius 2 is 1.77 bits per heavy atom. The van der Waals surface area contributed by atoms with E-state index in [0.29, 0.717) is 5.56 Å². The predicted molar refractivity (Wildman–Crippen MR) is 79.4 cm³/mol. The molecule has 0 saturated carbocycles. The molecule has 0 aliphatic heterocycles. The van der Waals surface area contributed by atoms with Crippen molar-refractivity contribution in [2.45, 2.75) is 18.8 Å². The number of ketones is 1. The summed E-state index contributed by atoms with van der Waals surface area (Å²) in [5, 5.41) is 8.91. The molecular weight excluding hydrogens is 283 g/mol. The highest BCUT2D eigenvalue weighted by atomic mass is 19.1. The van der Waals surface area contributed by atoms with E-state index in [1.807, 2.05) is 12.1 Å². The minimum absolute atomic E-state index is 0.0221. The highest BCUT2D eigenvalue weighted by Crippen LogP contribution is 2.44. The fraction of sp³-hybridized carbons (Fsp3) is 0.222. The molecule has 3 rings (SSSR count). The van der Waals surface area contributed by atoms with Gasteiger partial charge in [0.2, 0.25) is 0 Å². The third kappa shape index (κ3) is 2.52. The number of carboxylic acids is 1. The molecule has 2 atom stereocenters. The van der Waals surface area contributed by atoms with Gasteiger partial charge in [0.15, 0.2) is 5.78 Å². The van der Waals surface area contributed by atoms with Crippen molar-refractivity contribution >= 4 is 11.8 Å². The SMILES string of the molecule is O=C(O)CCC1C(=O)c2ccccc2C1c1ccc(F)cc1. The second-order valence-electron chi connectivity index (χ2n) is 5.52. The van der Waals surface area contributed by atoms with Crippen LogP contribution in [0.25, 0.3) is 0 Å². The van der Waals surface area contributed by atoms with Crippen molar-refractivity contribution in [3.8, 4) is 0 Å². The Balaban J connectivity index is 2.03. The lowest BCUT2D eigenvalue weighted by molar-refractivity contribution is -0.137. The molecule has 3 nitrogen and oxygen atoms in total. The zero-order valence-corrected chi connectivity index (χ0v) is 11.8. The average Bonchev–Trinajstić information content (AvgIpc) is 2.79. The predicted octanol–water partition coefficient (Wildman–Crippen LogP) is 3.63. The van der Waals surface area contributed by atoms with Crippen molar-refractivity contribution in [3.63, 3.8) is 0 Å². The van der Waals surface area contributed by atoms with Crippen molar-refractivity contribution in [2.75, 3.05) is 0 Å². The maximum Gasteiger partial charge on any atom is 0.303 e. The number of aliphatic carboxylic acids is 1. The van der Waals surface area contributed by atoms with Crippen LogP contribution in [-0.2, 0) is 4.79 Å². The smallest absolute Gasteiger partial charge is 0.303 e. The Labute approximate surface area is 127 Å². The molecule has 0 fully saturated rings. The molecule has 1 aliphatic carbocycles. The van der Waals surface area contributed by atoms with Gasteiger partial charge in [0.05, 0.1) is 0 Å². The second-order valence-corrected chi connectivity index (χ2v) is 5.52. The summed E-state index contributed by atoms with van der Waals surface area (Å²) in [6.07, 6.45) is 0.229. The minimum atomic E-state index is -0.915. The van der Waals surface area contributed by atoms with Crippen LogP contribution < -0.4 is 0 Å². The summed E-state index contributed by atoms with van der Waals surface area (Å²) >= 11 is 0. The summed E-state index contributed by atoms with van der Waals surface area (Å²) in [4.78, 5) is 23.5. The molecule has 0 bridgehead atoms. The summed E-state index contributed by atoms with van der Waals surface area (Å²) in [7, 11) is 0. The number of Topliss-reactive ketones (excluding diaryl/α,β-unsaturated/α-hetero) is 1. The van der Waals surface area contributed by atoms with Crippen LogP contribution in [0.15, 0.2) is 48.5 Å². The largest absolute Gasteiger partial charge is 0.481 e. The van der Waals surface area contributed by atoms with Gasteiger partial charge in [-0.05, 0) is 29.7 Å². The standard InChI is InChI=1S/C18H15FO3/c19-12-7-5-11(6-8-12)17-13-3-1-2-4-14(13)18(22)15(17)9-10-16(20)21/h1-8,15,17H,9-10H2,(H,20,21). The van der Waals surface area contributed by atoms with Crippen molar-refractivity contribution in [1.82, 2.24) is 0 Å². The van der Waals surface area contributed by atoms with Gasteiger partial charge in [-0.25, -0.2) is 4.39 Å². The number of rotatable bonds is 4. The van der Waals surface area contributed by atoms with Gasteiger partial charge in [0.25, 0.3) is 0 Å². The van der Waals surface area contributed by atoms with Crippen molar-refractivity contribution in [3.05, 3.63) is 71.0 Å². The van der Waals surface area contributed by atoms with E-state index in [1.54, 1.807) is 24.3 Å². The Kier molecular flexibility index (Phi) is 3.75. The van der Waals surface area contributed by atoms with Crippen LogP contribution in [0.4, 0.5) is 4.39 Å². The van der Waals surface area contributed by atoms with E-state index in [4.69, 9.17) is 5.11 Å². The molecule has 22 heavy (non-hydrogen) atoms. The van der Waals surface area contributed by atoms with Crippen molar-refractivity contribution in [2.24, 2.45) is 5.92 Å². The average molecular weight is 298 g/mol. The molecule has 0 saturated heterocycles. The van der Waals surface area contributed by atoms with E-state index in [9.17, 15) is 14.0 Å². The zero-order valence-electron chi connectivity index (χ0n) is 11.8. The molecule has 0 amide bonds. The topological polar surface area (TPSA) is 54.4 Å². The number of carbonyl (C=O) groups is 2. The van der Waals surface area contributed by atoms with Crippen LogP contribution in [0.3, 0.4) is 0 Å². The lowest BCUT2D eigenvalue weighted by Gasteiger charge is -2.19. The van der Waals surface area contributed by atoms with Crippen molar-refractivity contribution in [1.29, 1.82) is 0 Å². The molecule has 1 N–H and O–H groups in total. The third-order valence-electron chi connectivity index (χ3n) is 4.20. The van der Waals surface area contributed by atoms with E-state index in [1.165, 1.54) is 12.1 Å². The van der Waals surface area contributed by atoms with E-state index in [-0.39, 0.29) is 30.4 Å². The number of carboxylic acid groups (broad SMARTS) is 1. The Hall–Kier alpha value is -2.49. The number of benzene rings is 2. The van der Waals surface area contributed by atoms with Crippen LogP contribution in [0.2, 0.25) is 0 Å². The van der Waals surface area contributed by atoms with Gasteiger partial charge in [-0.1, -0.05) is 36.4 Å². The summed E-state index contributed by atoms with van der Waals surface area (Å²) in [5.74, 6) is -1.88. The highest BCUT2D eigenvalue weighted by molar-refractivity contribution is 6.03. The first-order chi connectivity index (χ1) is 10.6. The molecule has 112 valence electrons. The third-order valence-corrected chi connectivity index (χ3v) is 4.20. The summed E-state index contributed by atoms with van der Waals surface area (Å²) in [5.41, 5.74) is 2.39. The van der Waals surface area contributed by atoms with Crippen molar-refractivity contribution < 1.29 is 19.1 Å². The molecule has 2 unspecified atom stereocenters. The molecule has 2 aromatic carbocycles. The Morgan fingerprint density at radius 1 is 1.09 bits per heavy atom. The van der Waals surface area contributed by atoms with E-state index in [2.05, 4.69) is 0 Å². The van der Waals surface area contributed by atoms with E-state index in [0.717, 1.165) is 11.1 Å². The lowest BCUT2D eigenvalue weighted by atomic mass is 9.83. The van der Waals surface area contributed by atoms with E-state index < -0.39 is 11.9 Å². The summed E-state index contributed by atoms with van der Waals surface area (Å²) in [6, 6.07) is 13.4. The highest BCUT2D eigenvalue weighted by Gasteiger charge is 2.40. The van der Waals surface area contributed by atoms with Crippen LogP contribution in [0, 0.1) is 11.7 Å². The minimum Gasteiger partial charge on any atom is -0.481 e. The molecule has 2 aromatic rings. The quantitative estimate of drug-likeness (QED) is 0.937. The van der Waals surface area contributed by atoms with Gasteiger partial charge in [-0.15, -0.1) is 0 Å². The molecule has 4 heteroatoms. The normalized spacial score (nSPS) is 20.0. The maximum atomic E-state index is 13.2. The number of hydrogen-bond donors (Lipinski definition) is 1. The molecule has 0 radical (unpaired) electrons.